The van der Waals surface area contributed by atoms with Gasteiger partial charge in [-0.2, -0.15) is 11.3 Å². The highest BCUT2D eigenvalue weighted by Gasteiger charge is 2.17. The fraction of sp³-hybridized carbons (Fsp3) is 0.467. The Morgan fingerprint density at radius 3 is 2.74 bits per heavy atom. The van der Waals surface area contributed by atoms with Crippen LogP contribution in [0.4, 0.5) is 0 Å². The Morgan fingerprint density at radius 2 is 2.16 bits per heavy atom. The third-order valence-electron chi connectivity index (χ3n) is 3.40. The molecule has 0 aliphatic heterocycles. The van der Waals surface area contributed by atoms with Gasteiger partial charge in [-0.05, 0) is 47.6 Å². The molecule has 19 heavy (non-hydrogen) atoms. The van der Waals surface area contributed by atoms with Crippen molar-refractivity contribution in [1.82, 2.24) is 10.2 Å². The minimum absolute atomic E-state index is 0.441. The minimum atomic E-state index is 0.441. The lowest BCUT2D eigenvalue weighted by molar-refractivity contribution is 0.212. The van der Waals surface area contributed by atoms with Gasteiger partial charge in [0, 0.05) is 12.6 Å². The first-order valence-electron chi connectivity index (χ1n) is 6.84. The van der Waals surface area contributed by atoms with Crippen LogP contribution in [0.3, 0.4) is 0 Å². The Kier molecular flexibility index (Phi) is 5.63. The van der Waals surface area contributed by atoms with Gasteiger partial charge >= 0.3 is 0 Å². The van der Waals surface area contributed by atoms with Gasteiger partial charge in [-0.15, -0.1) is 0 Å². The summed E-state index contributed by atoms with van der Waals surface area (Å²) >= 11 is 1.76. The molecule has 0 bridgehead atoms. The summed E-state index contributed by atoms with van der Waals surface area (Å²) in [5.41, 5.74) is 1.40. The highest BCUT2D eigenvalue weighted by Crippen LogP contribution is 2.22. The van der Waals surface area contributed by atoms with E-state index < -0.39 is 0 Å². The molecular formula is C15H22N2OS. The zero-order valence-electron chi connectivity index (χ0n) is 11.6. The quantitative estimate of drug-likeness (QED) is 0.801. The van der Waals surface area contributed by atoms with E-state index in [0.717, 1.165) is 31.9 Å². The van der Waals surface area contributed by atoms with Gasteiger partial charge in [0.1, 0.15) is 5.76 Å². The molecule has 1 unspecified atom stereocenters. The SMILES string of the molecule is CCN(CC)C(CNCc1ccco1)c1ccsc1. The lowest BCUT2D eigenvalue weighted by Gasteiger charge is -2.29. The van der Waals surface area contributed by atoms with E-state index in [2.05, 4.69) is 40.9 Å². The highest BCUT2D eigenvalue weighted by molar-refractivity contribution is 7.07. The first kappa shape index (κ1) is 14.3. The van der Waals surface area contributed by atoms with Crippen molar-refractivity contribution in [3.05, 3.63) is 46.5 Å². The number of nitrogens with zero attached hydrogens (tertiary/aromatic N) is 1. The van der Waals surface area contributed by atoms with E-state index in [0.29, 0.717) is 6.04 Å². The maximum absolute atomic E-state index is 5.35. The maximum atomic E-state index is 5.35. The molecule has 0 aliphatic rings. The Hall–Kier alpha value is -1.10. The summed E-state index contributed by atoms with van der Waals surface area (Å²) in [5.74, 6) is 0.989. The predicted molar refractivity (Wildman–Crippen MR) is 80.4 cm³/mol. The standard InChI is InChI=1S/C15H22N2OS/c1-3-17(4-2)15(13-7-9-19-12-13)11-16-10-14-6-5-8-18-14/h5-9,12,15-16H,3-4,10-11H2,1-2H3. The zero-order valence-corrected chi connectivity index (χ0v) is 12.5. The van der Waals surface area contributed by atoms with Crippen LogP contribution in [0.25, 0.3) is 0 Å². The Balaban J connectivity index is 1.94. The van der Waals surface area contributed by atoms with Crippen molar-refractivity contribution >= 4 is 11.3 Å². The third kappa shape index (κ3) is 3.93. The summed E-state index contributed by atoms with van der Waals surface area (Å²) in [6.45, 7) is 8.30. The van der Waals surface area contributed by atoms with E-state index in [1.54, 1.807) is 17.6 Å². The number of furan rings is 1. The summed E-state index contributed by atoms with van der Waals surface area (Å²) in [7, 11) is 0. The molecule has 1 N–H and O–H groups in total. The average molecular weight is 278 g/mol. The summed E-state index contributed by atoms with van der Waals surface area (Å²) in [6, 6.07) is 6.60. The van der Waals surface area contributed by atoms with E-state index in [1.165, 1.54) is 5.56 Å². The van der Waals surface area contributed by atoms with Crippen molar-refractivity contribution in [2.75, 3.05) is 19.6 Å². The summed E-state index contributed by atoms with van der Waals surface area (Å²) < 4.78 is 5.35. The molecule has 2 heterocycles. The molecule has 0 radical (unpaired) electrons. The van der Waals surface area contributed by atoms with Crippen LogP contribution >= 0.6 is 11.3 Å². The van der Waals surface area contributed by atoms with Gasteiger partial charge in [0.25, 0.3) is 0 Å². The van der Waals surface area contributed by atoms with Crippen molar-refractivity contribution in [2.24, 2.45) is 0 Å². The van der Waals surface area contributed by atoms with Crippen molar-refractivity contribution in [1.29, 1.82) is 0 Å². The van der Waals surface area contributed by atoms with Crippen LogP contribution in [0.5, 0.6) is 0 Å². The Labute approximate surface area is 119 Å². The minimum Gasteiger partial charge on any atom is -0.468 e. The van der Waals surface area contributed by atoms with E-state index in [9.17, 15) is 0 Å². The predicted octanol–water partition coefficient (Wildman–Crippen LogP) is 3.51. The van der Waals surface area contributed by atoms with E-state index >= 15 is 0 Å². The number of likely N-dealkylation sites (N-methyl/N-ethyl adjacent to an activating group) is 1. The number of thiophene rings is 1. The zero-order chi connectivity index (χ0) is 13.5. The fourth-order valence-corrected chi connectivity index (χ4v) is 3.04. The summed E-state index contributed by atoms with van der Waals surface area (Å²) in [4.78, 5) is 2.48. The van der Waals surface area contributed by atoms with Crippen LogP contribution < -0.4 is 5.32 Å². The number of nitrogens with one attached hydrogen (secondary N) is 1. The van der Waals surface area contributed by atoms with Crippen molar-refractivity contribution in [3.63, 3.8) is 0 Å². The number of hydrogen-bond acceptors (Lipinski definition) is 4. The van der Waals surface area contributed by atoms with Crippen molar-refractivity contribution < 1.29 is 4.42 Å². The summed E-state index contributed by atoms with van der Waals surface area (Å²) in [6.07, 6.45) is 1.72. The molecule has 0 saturated carbocycles. The highest BCUT2D eigenvalue weighted by atomic mass is 32.1. The molecule has 0 aliphatic carbocycles. The lowest BCUT2D eigenvalue weighted by Crippen LogP contribution is -2.35. The van der Waals surface area contributed by atoms with Gasteiger partial charge in [0.15, 0.2) is 0 Å². The Bertz CT molecular complexity index is 435. The normalized spacial score (nSPS) is 13.0. The third-order valence-corrected chi connectivity index (χ3v) is 4.10. The molecule has 104 valence electrons. The van der Waals surface area contributed by atoms with Gasteiger partial charge in [-0.25, -0.2) is 0 Å². The Morgan fingerprint density at radius 1 is 1.32 bits per heavy atom. The molecular weight excluding hydrogens is 256 g/mol. The molecule has 0 spiro atoms. The first-order chi connectivity index (χ1) is 9.35. The molecule has 1 atom stereocenters. The van der Waals surface area contributed by atoms with Gasteiger partial charge in [-0.3, -0.25) is 4.90 Å². The molecule has 2 aromatic heterocycles. The summed E-state index contributed by atoms with van der Waals surface area (Å²) in [5, 5.41) is 7.89. The lowest BCUT2D eigenvalue weighted by atomic mass is 10.1. The van der Waals surface area contributed by atoms with Crippen LogP contribution in [0, 0.1) is 0 Å². The van der Waals surface area contributed by atoms with Gasteiger partial charge < -0.3 is 9.73 Å². The van der Waals surface area contributed by atoms with Gasteiger partial charge in [-0.1, -0.05) is 13.8 Å². The largest absolute Gasteiger partial charge is 0.468 e. The van der Waals surface area contributed by atoms with Gasteiger partial charge in [0.05, 0.1) is 12.8 Å². The smallest absolute Gasteiger partial charge is 0.117 e. The molecule has 2 rings (SSSR count). The van der Waals surface area contributed by atoms with E-state index in [1.807, 2.05) is 12.1 Å². The maximum Gasteiger partial charge on any atom is 0.117 e. The molecule has 0 saturated heterocycles. The molecule has 0 fully saturated rings. The van der Waals surface area contributed by atoms with Crippen molar-refractivity contribution in [2.45, 2.75) is 26.4 Å². The van der Waals surface area contributed by atoms with Crippen LogP contribution in [0.15, 0.2) is 39.6 Å². The van der Waals surface area contributed by atoms with Crippen molar-refractivity contribution in [3.8, 4) is 0 Å². The topological polar surface area (TPSA) is 28.4 Å². The molecule has 0 aromatic carbocycles. The fourth-order valence-electron chi connectivity index (χ4n) is 2.33. The molecule has 3 nitrogen and oxygen atoms in total. The van der Waals surface area contributed by atoms with Gasteiger partial charge in [0.2, 0.25) is 0 Å². The number of hydrogen-bond donors (Lipinski definition) is 1. The molecule has 4 heteroatoms. The monoisotopic (exact) mass is 278 g/mol. The van der Waals surface area contributed by atoms with Crippen LogP contribution in [-0.2, 0) is 6.54 Å². The van der Waals surface area contributed by atoms with Crippen LogP contribution in [0.1, 0.15) is 31.2 Å². The number of rotatable bonds is 8. The van der Waals surface area contributed by atoms with E-state index in [-0.39, 0.29) is 0 Å². The molecule has 0 amide bonds. The van der Waals surface area contributed by atoms with Crippen LogP contribution in [0.2, 0.25) is 0 Å². The second kappa shape index (κ2) is 7.48. The first-order valence-corrected chi connectivity index (χ1v) is 7.78. The second-order valence-corrected chi connectivity index (χ2v) is 5.28. The van der Waals surface area contributed by atoms with E-state index in [4.69, 9.17) is 4.42 Å². The average Bonchev–Trinajstić information content (AvgIpc) is 3.11. The molecule has 2 aromatic rings. The van der Waals surface area contributed by atoms with Crippen LogP contribution in [-0.4, -0.2) is 24.5 Å². The second-order valence-electron chi connectivity index (χ2n) is 4.50.